The molecular formula is C32H42BrClFN5O4. The maximum atomic E-state index is 13.4. The summed E-state index contributed by atoms with van der Waals surface area (Å²) in [5.74, 6) is -0.728. The fraction of sp³-hybridized carbons (Fsp3) is 0.594. The van der Waals surface area contributed by atoms with Gasteiger partial charge in [-0.1, -0.05) is 12.1 Å². The van der Waals surface area contributed by atoms with Gasteiger partial charge in [-0.05, 0) is 113 Å². The van der Waals surface area contributed by atoms with Gasteiger partial charge in [0.15, 0.2) is 5.79 Å². The molecule has 1 aromatic carbocycles. The summed E-state index contributed by atoms with van der Waals surface area (Å²) in [6.45, 7) is 12.2. The minimum Gasteiger partial charge on any atom is -0.444 e. The molecule has 1 aliphatic carbocycles. The average Bonchev–Trinajstić information content (AvgIpc) is 3.53. The normalized spacial score (nSPS) is 23.0. The molecule has 0 radical (unpaired) electrons. The van der Waals surface area contributed by atoms with E-state index in [1.165, 1.54) is 12.1 Å². The number of carbonyl (C=O) groups is 1. The first-order chi connectivity index (χ1) is 20.7. The summed E-state index contributed by atoms with van der Waals surface area (Å²) in [7, 11) is 2.11. The lowest BCUT2D eigenvalue weighted by Gasteiger charge is -2.29. The molecule has 1 amide bonds. The van der Waals surface area contributed by atoms with Crippen LogP contribution in [0.4, 0.5) is 9.18 Å². The molecule has 9 nitrogen and oxygen atoms in total. The van der Waals surface area contributed by atoms with Crippen LogP contribution in [0.1, 0.15) is 59.1 Å². The van der Waals surface area contributed by atoms with Crippen LogP contribution in [-0.4, -0.2) is 87.3 Å². The fourth-order valence-corrected chi connectivity index (χ4v) is 6.92. The van der Waals surface area contributed by atoms with Crippen LogP contribution in [-0.2, 0) is 20.6 Å². The van der Waals surface area contributed by atoms with Crippen LogP contribution in [0, 0.1) is 11.7 Å². The van der Waals surface area contributed by atoms with Crippen LogP contribution in [0.5, 0.6) is 0 Å². The van der Waals surface area contributed by atoms with Crippen LogP contribution < -0.4 is 0 Å². The predicted molar refractivity (Wildman–Crippen MR) is 171 cm³/mol. The number of hydrogen-bond donors (Lipinski definition) is 0. The first-order valence-corrected chi connectivity index (χ1v) is 16.3. The van der Waals surface area contributed by atoms with Gasteiger partial charge < -0.3 is 28.6 Å². The number of fused-ring (bicyclic) bond motifs is 2. The van der Waals surface area contributed by atoms with Crippen molar-refractivity contribution in [1.29, 1.82) is 0 Å². The summed E-state index contributed by atoms with van der Waals surface area (Å²) >= 11 is 9.84. The number of carbonyl (C=O) groups excluding carboxylic acids is 1. The van der Waals surface area contributed by atoms with Crippen LogP contribution in [0.3, 0.4) is 0 Å². The maximum Gasteiger partial charge on any atom is 0.410 e. The van der Waals surface area contributed by atoms with Gasteiger partial charge in [-0.15, -0.1) is 0 Å². The molecule has 5 rings (SSSR count). The van der Waals surface area contributed by atoms with Crippen molar-refractivity contribution in [3.05, 3.63) is 57.8 Å². The topological polar surface area (TPSA) is 82.0 Å². The molecule has 12 heteroatoms. The molecule has 44 heavy (non-hydrogen) atoms. The Balaban J connectivity index is 1.22. The standard InChI is InChI=1S/C32H42BrClFN5O4/c1-31(2,3)44-30(41)39(15-12-20-8-10-22(35)11-9-20)14-7-13-38(6)18-21-16-25(27-26(21)42-32(4,5)43-27)40-19-24(33)23-17-36-29(34)37-28(23)40/h8-11,17,19,21,25-27H,7,12-16,18H2,1-6H3/t21-,25-,26-,27+/m1/s1. The van der Waals surface area contributed by atoms with Crippen molar-refractivity contribution in [2.24, 2.45) is 5.92 Å². The van der Waals surface area contributed by atoms with Crippen molar-refractivity contribution in [2.75, 3.05) is 33.2 Å². The Morgan fingerprint density at radius 2 is 1.89 bits per heavy atom. The number of amides is 1. The van der Waals surface area contributed by atoms with E-state index in [1.54, 1.807) is 23.2 Å². The van der Waals surface area contributed by atoms with Crippen molar-refractivity contribution >= 4 is 44.7 Å². The van der Waals surface area contributed by atoms with Gasteiger partial charge in [0.05, 0.1) is 17.5 Å². The number of halogens is 3. The molecule has 2 aromatic heterocycles. The molecule has 0 N–H and O–H groups in total. The van der Waals surface area contributed by atoms with E-state index in [9.17, 15) is 9.18 Å². The second-order valence-corrected chi connectivity index (χ2v) is 14.5. The Morgan fingerprint density at radius 1 is 1.18 bits per heavy atom. The molecule has 1 aliphatic heterocycles. The van der Waals surface area contributed by atoms with Crippen molar-refractivity contribution < 1.29 is 23.4 Å². The highest BCUT2D eigenvalue weighted by Gasteiger charge is 2.54. The Morgan fingerprint density at radius 3 is 2.59 bits per heavy atom. The average molecular weight is 695 g/mol. The van der Waals surface area contributed by atoms with Crippen LogP contribution in [0.25, 0.3) is 11.0 Å². The van der Waals surface area contributed by atoms with Gasteiger partial charge in [0, 0.05) is 42.4 Å². The molecule has 1 saturated heterocycles. The van der Waals surface area contributed by atoms with Crippen molar-refractivity contribution in [2.45, 2.75) is 83.5 Å². The molecule has 0 spiro atoms. The molecule has 3 aromatic rings. The van der Waals surface area contributed by atoms with E-state index in [0.29, 0.717) is 19.5 Å². The van der Waals surface area contributed by atoms with Crippen molar-refractivity contribution in [3.8, 4) is 0 Å². The van der Waals surface area contributed by atoms with Gasteiger partial charge in [0.25, 0.3) is 0 Å². The van der Waals surface area contributed by atoms with E-state index in [1.807, 2.05) is 40.8 Å². The lowest BCUT2D eigenvalue weighted by atomic mass is 10.0. The zero-order valence-corrected chi connectivity index (χ0v) is 28.6. The Hall–Kier alpha value is -2.31. The largest absolute Gasteiger partial charge is 0.444 e. The van der Waals surface area contributed by atoms with E-state index in [2.05, 4.69) is 42.4 Å². The first kappa shape index (κ1) is 33.1. The van der Waals surface area contributed by atoms with Crippen LogP contribution in [0.15, 0.2) is 41.1 Å². The summed E-state index contributed by atoms with van der Waals surface area (Å²) in [4.78, 5) is 25.8. The van der Waals surface area contributed by atoms with Gasteiger partial charge in [0.2, 0.25) is 5.28 Å². The van der Waals surface area contributed by atoms with E-state index in [4.69, 9.17) is 25.8 Å². The quantitative estimate of drug-likeness (QED) is 0.214. The molecule has 240 valence electrons. The van der Waals surface area contributed by atoms with Crippen molar-refractivity contribution in [1.82, 2.24) is 24.3 Å². The third kappa shape index (κ3) is 7.91. The Labute approximate surface area is 272 Å². The van der Waals surface area contributed by atoms with E-state index in [0.717, 1.165) is 47.0 Å². The molecular weight excluding hydrogens is 653 g/mol. The molecule has 0 bridgehead atoms. The maximum absolute atomic E-state index is 13.4. The highest BCUT2D eigenvalue weighted by atomic mass is 79.9. The molecule has 2 aliphatic rings. The highest BCUT2D eigenvalue weighted by Crippen LogP contribution is 2.48. The number of ether oxygens (including phenoxy) is 3. The zero-order chi connectivity index (χ0) is 31.8. The predicted octanol–water partition coefficient (Wildman–Crippen LogP) is 6.87. The van der Waals surface area contributed by atoms with E-state index in [-0.39, 0.29) is 41.4 Å². The summed E-state index contributed by atoms with van der Waals surface area (Å²) < 4.78 is 35.0. The SMILES string of the molecule is CN(CCCN(CCc1ccc(F)cc1)C(=O)OC(C)(C)C)C[C@H]1C[C@@H](n2cc(Br)c3cnc(Cl)nc32)[C@@H]2OC(C)(C)O[C@H]12. The van der Waals surface area contributed by atoms with Gasteiger partial charge in [-0.3, -0.25) is 0 Å². The molecule has 3 heterocycles. The van der Waals surface area contributed by atoms with Gasteiger partial charge in [-0.25, -0.2) is 14.2 Å². The van der Waals surface area contributed by atoms with E-state index >= 15 is 0 Å². The highest BCUT2D eigenvalue weighted by molar-refractivity contribution is 9.10. The third-order valence-corrected chi connectivity index (χ3v) is 8.97. The number of benzene rings is 1. The lowest BCUT2D eigenvalue weighted by Crippen LogP contribution is -2.40. The molecule has 4 atom stereocenters. The van der Waals surface area contributed by atoms with E-state index < -0.39 is 11.4 Å². The minimum atomic E-state index is -0.684. The summed E-state index contributed by atoms with van der Waals surface area (Å²) in [6.07, 6.45) is 5.49. The number of rotatable bonds is 10. The minimum absolute atomic E-state index is 0.0223. The monoisotopic (exact) mass is 693 g/mol. The lowest BCUT2D eigenvalue weighted by molar-refractivity contribution is -0.160. The summed E-state index contributed by atoms with van der Waals surface area (Å²) in [5, 5.41) is 1.11. The van der Waals surface area contributed by atoms with Crippen LogP contribution >= 0.6 is 27.5 Å². The second-order valence-electron chi connectivity index (χ2n) is 13.3. The molecule has 1 saturated carbocycles. The summed E-state index contributed by atoms with van der Waals surface area (Å²) in [5.41, 5.74) is 1.15. The zero-order valence-electron chi connectivity index (χ0n) is 26.2. The summed E-state index contributed by atoms with van der Waals surface area (Å²) in [6, 6.07) is 6.42. The number of nitrogens with zero attached hydrogens (tertiary/aromatic N) is 5. The van der Waals surface area contributed by atoms with Gasteiger partial charge in [0.1, 0.15) is 23.2 Å². The van der Waals surface area contributed by atoms with Crippen molar-refractivity contribution in [3.63, 3.8) is 0 Å². The van der Waals surface area contributed by atoms with Crippen LogP contribution in [0.2, 0.25) is 5.28 Å². The van der Waals surface area contributed by atoms with Gasteiger partial charge >= 0.3 is 6.09 Å². The third-order valence-electron chi connectivity index (χ3n) is 8.15. The number of hydrogen-bond acceptors (Lipinski definition) is 7. The first-order valence-electron chi connectivity index (χ1n) is 15.1. The fourth-order valence-electron chi connectivity index (χ4n) is 6.29. The molecule has 0 unspecified atom stereocenters. The Bertz CT molecular complexity index is 1460. The Kier molecular flexibility index (Phi) is 9.92. The smallest absolute Gasteiger partial charge is 0.410 e. The second kappa shape index (κ2) is 13.2. The molecule has 2 fully saturated rings. The van der Waals surface area contributed by atoms with Gasteiger partial charge in [-0.2, -0.15) is 4.98 Å². The number of aromatic nitrogens is 3.